The van der Waals surface area contributed by atoms with Crippen LogP contribution in [-0.4, -0.2) is 25.8 Å². The smallest absolute Gasteiger partial charge is 0.335 e. The lowest BCUT2D eigenvalue weighted by molar-refractivity contribution is 0.0696. The average Bonchev–Trinajstić information content (AvgIpc) is 2.90. The van der Waals surface area contributed by atoms with Crippen LogP contribution in [0.2, 0.25) is 5.02 Å². The van der Waals surface area contributed by atoms with Gasteiger partial charge in [0.05, 0.1) is 5.56 Å². The SMILES string of the molecule is O=C(O)c1ccnc(-n2[nH]c(Cc3ccc(Cl)cc3)cc2=O)c1. The van der Waals surface area contributed by atoms with Crippen LogP contribution in [0.5, 0.6) is 0 Å². The maximum absolute atomic E-state index is 12.1. The van der Waals surface area contributed by atoms with Gasteiger partial charge in [0.25, 0.3) is 5.56 Å². The third kappa shape index (κ3) is 3.32. The summed E-state index contributed by atoms with van der Waals surface area (Å²) in [5.41, 5.74) is 1.45. The molecular formula is C16H12ClN3O3. The third-order valence-electron chi connectivity index (χ3n) is 3.30. The van der Waals surface area contributed by atoms with E-state index in [0.717, 1.165) is 5.56 Å². The van der Waals surface area contributed by atoms with E-state index in [-0.39, 0.29) is 16.9 Å². The highest BCUT2D eigenvalue weighted by Gasteiger charge is 2.10. The van der Waals surface area contributed by atoms with E-state index < -0.39 is 5.97 Å². The van der Waals surface area contributed by atoms with Gasteiger partial charge in [-0.1, -0.05) is 23.7 Å². The van der Waals surface area contributed by atoms with Crippen molar-refractivity contribution in [3.63, 3.8) is 0 Å². The van der Waals surface area contributed by atoms with Crippen LogP contribution in [-0.2, 0) is 6.42 Å². The van der Waals surface area contributed by atoms with Crippen molar-refractivity contribution in [3.05, 3.63) is 80.9 Å². The fourth-order valence-corrected chi connectivity index (χ4v) is 2.33. The van der Waals surface area contributed by atoms with E-state index in [1.807, 2.05) is 12.1 Å². The van der Waals surface area contributed by atoms with Crippen molar-refractivity contribution in [1.29, 1.82) is 0 Å². The summed E-state index contributed by atoms with van der Waals surface area (Å²) in [6.07, 6.45) is 1.88. The van der Waals surface area contributed by atoms with E-state index >= 15 is 0 Å². The molecule has 0 aliphatic rings. The van der Waals surface area contributed by atoms with Crippen LogP contribution in [0.15, 0.2) is 53.5 Å². The minimum atomic E-state index is -1.07. The summed E-state index contributed by atoms with van der Waals surface area (Å²) in [6.45, 7) is 0. The van der Waals surface area contributed by atoms with E-state index in [0.29, 0.717) is 17.1 Å². The number of H-pyrrole nitrogens is 1. The highest BCUT2D eigenvalue weighted by atomic mass is 35.5. The molecule has 0 aliphatic heterocycles. The quantitative estimate of drug-likeness (QED) is 0.769. The average molecular weight is 330 g/mol. The first-order chi connectivity index (χ1) is 11.0. The number of hydrogen-bond acceptors (Lipinski definition) is 3. The Morgan fingerprint density at radius 3 is 2.65 bits per heavy atom. The Hall–Kier alpha value is -2.86. The molecule has 116 valence electrons. The van der Waals surface area contributed by atoms with Crippen molar-refractivity contribution < 1.29 is 9.90 Å². The van der Waals surface area contributed by atoms with Crippen molar-refractivity contribution in [2.75, 3.05) is 0 Å². The zero-order chi connectivity index (χ0) is 16.4. The summed E-state index contributed by atoms with van der Waals surface area (Å²) in [5, 5.41) is 12.6. The number of nitrogens with one attached hydrogen (secondary N) is 1. The first-order valence-corrected chi connectivity index (χ1v) is 7.16. The third-order valence-corrected chi connectivity index (χ3v) is 3.55. The molecule has 0 atom stereocenters. The van der Waals surface area contributed by atoms with Crippen molar-refractivity contribution in [1.82, 2.24) is 14.8 Å². The molecule has 1 aromatic carbocycles. The summed E-state index contributed by atoms with van der Waals surface area (Å²) in [5.74, 6) is -0.841. The van der Waals surface area contributed by atoms with Crippen LogP contribution < -0.4 is 5.56 Å². The zero-order valence-corrected chi connectivity index (χ0v) is 12.6. The van der Waals surface area contributed by atoms with E-state index in [1.165, 1.54) is 29.1 Å². The molecule has 23 heavy (non-hydrogen) atoms. The van der Waals surface area contributed by atoms with Crippen LogP contribution in [0, 0.1) is 0 Å². The minimum Gasteiger partial charge on any atom is -0.478 e. The van der Waals surface area contributed by atoms with Crippen LogP contribution in [0.25, 0.3) is 5.82 Å². The molecule has 0 fully saturated rings. The second kappa shape index (κ2) is 6.10. The molecule has 2 heterocycles. The van der Waals surface area contributed by atoms with Crippen molar-refractivity contribution in [3.8, 4) is 5.82 Å². The van der Waals surface area contributed by atoms with Crippen molar-refractivity contribution in [2.24, 2.45) is 0 Å². The number of aromatic nitrogens is 3. The number of rotatable bonds is 4. The monoisotopic (exact) mass is 329 g/mol. The standard InChI is InChI=1S/C16H12ClN3O3/c17-12-3-1-10(2-4-12)7-13-9-15(21)20(19-13)14-8-11(16(22)23)5-6-18-14/h1-6,8-9,19H,7H2,(H,22,23). The summed E-state index contributed by atoms with van der Waals surface area (Å²) in [4.78, 5) is 27.1. The maximum atomic E-state index is 12.1. The molecule has 0 saturated carbocycles. The lowest BCUT2D eigenvalue weighted by Gasteiger charge is -2.03. The second-order valence-electron chi connectivity index (χ2n) is 4.97. The molecule has 0 amide bonds. The number of hydrogen-bond donors (Lipinski definition) is 2. The summed E-state index contributed by atoms with van der Waals surface area (Å²) < 4.78 is 1.22. The molecule has 7 heteroatoms. The molecule has 3 rings (SSSR count). The van der Waals surface area contributed by atoms with Crippen LogP contribution in [0.1, 0.15) is 21.6 Å². The fourth-order valence-electron chi connectivity index (χ4n) is 2.20. The number of aromatic carboxylic acids is 1. The number of halogens is 1. The molecule has 6 nitrogen and oxygen atoms in total. The topological polar surface area (TPSA) is 88.0 Å². The minimum absolute atomic E-state index is 0.0655. The lowest BCUT2D eigenvalue weighted by atomic mass is 10.1. The van der Waals surface area contributed by atoms with Gasteiger partial charge in [0.15, 0.2) is 5.82 Å². The Morgan fingerprint density at radius 2 is 1.96 bits per heavy atom. The normalized spacial score (nSPS) is 10.7. The number of pyridine rings is 1. The molecule has 0 bridgehead atoms. The molecule has 0 spiro atoms. The Labute approximate surface area is 136 Å². The molecule has 0 unspecified atom stereocenters. The molecule has 0 aliphatic carbocycles. The van der Waals surface area contributed by atoms with Gasteiger partial charge in [-0.2, -0.15) is 0 Å². The summed E-state index contributed by atoms with van der Waals surface area (Å²) in [7, 11) is 0. The zero-order valence-electron chi connectivity index (χ0n) is 11.9. The van der Waals surface area contributed by atoms with Gasteiger partial charge in [-0.15, -0.1) is 0 Å². The highest BCUT2D eigenvalue weighted by Crippen LogP contribution is 2.12. The van der Waals surface area contributed by atoms with Crippen LogP contribution >= 0.6 is 11.6 Å². The molecule has 3 aromatic rings. The Bertz CT molecular complexity index is 913. The van der Waals surface area contributed by atoms with E-state index in [4.69, 9.17) is 16.7 Å². The first-order valence-electron chi connectivity index (χ1n) is 6.78. The van der Waals surface area contributed by atoms with Crippen LogP contribution in [0.4, 0.5) is 0 Å². The number of carboxylic acids is 1. The molecular weight excluding hydrogens is 318 g/mol. The summed E-state index contributed by atoms with van der Waals surface area (Å²) in [6, 6.07) is 11.5. The van der Waals surface area contributed by atoms with Gasteiger partial charge < -0.3 is 5.11 Å². The predicted molar refractivity (Wildman–Crippen MR) is 85.4 cm³/mol. The Balaban J connectivity index is 1.92. The van der Waals surface area contributed by atoms with E-state index in [1.54, 1.807) is 12.1 Å². The predicted octanol–water partition coefficient (Wildman–Crippen LogP) is 2.50. The first kappa shape index (κ1) is 15.1. The van der Waals surface area contributed by atoms with E-state index in [2.05, 4.69) is 10.1 Å². The Morgan fingerprint density at radius 1 is 1.22 bits per heavy atom. The molecule has 0 saturated heterocycles. The van der Waals surface area contributed by atoms with Gasteiger partial charge in [-0.05, 0) is 29.8 Å². The van der Waals surface area contributed by atoms with Gasteiger partial charge in [0.2, 0.25) is 0 Å². The fraction of sp³-hybridized carbons (Fsp3) is 0.0625. The molecule has 0 radical (unpaired) electrons. The largest absolute Gasteiger partial charge is 0.478 e. The lowest BCUT2D eigenvalue weighted by Crippen LogP contribution is -2.15. The maximum Gasteiger partial charge on any atom is 0.335 e. The highest BCUT2D eigenvalue weighted by molar-refractivity contribution is 6.30. The van der Waals surface area contributed by atoms with Crippen molar-refractivity contribution >= 4 is 17.6 Å². The molecule has 2 N–H and O–H groups in total. The Kier molecular flexibility index (Phi) is 3.99. The van der Waals surface area contributed by atoms with Gasteiger partial charge in [0, 0.05) is 29.4 Å². The van der Waals surface area contributed by atoms with Crippen LogP contribution in [0.3, 0.4) is 0 Å². The van der Waals surface area contributed by atoms with Crippen molar-refractivity contribution in [2.45, 2.75) is 6.42 Å². The number of nitrogens with zero attached hydrogens (tertiary/aromatic N) is 2. The molecule has 2 aromatic heterocycles. The second-order valence-corrected chi connectivity index (χ2v) is 5.40. The number of carboxylic acid groups (broad SMARTS) is 1. The number of aromatic amines is 1. The number of carbonyl (C=O) groups is 1. The van der Waals surface area contributed by atoms with E-state index in [9.17, 15) is 9.59 Å². The van der Waals surface area contributed by atoms with Gasteiger partial charge in [0.1, 0.15) is 0 Å². The number of benzene rings is 1. The van der Waals surface area contributed by atoms with Gasteiger partial charge in [-0.25, -0.2) is 14.5 Å². The summed E-state index contributed by atoms with van der Waals surface area (Å²) >= 11 is 5.85. The van der Waals surface area contributed by atoms with Gasteiger partial charge in [-0.3, -0.25) is 9.89 Å². The van der Waals surface area contributed by atoms with Gasteiger partial charge >= 0.3 is 5.97 Å².